The van der Waals surface area contributed by atoms with Gasteiger partial charge in [-0.05, 0) is 32.1 Å². The predicted octanol–water partition coefficient (Wildman–Crippen LogP) is 2.55. The Bertz CT molecular complexity index is 155. The first-order chi connectivity index (χ1) is 8.24. The number of nitrogens with one attached hydrogen (secondary N) is 1. The molecule has 0 radical (unpaired) electrons. The highest BCUT2D eigenvalue weighted by atomic mass is 32.2. The van der Waals surface area contributed by atoms with Crippen LogP contribution in [0.25, 0.3) is 0 Å². The Morgan fingerprint density at radius 3 is 2.35 bits per heavy atom. The molecule has 0 unspecified atom stereocenters. The molecule has 0 aliphatic heterocycles. The first kappa shape index (κ1) is 17.2. The number of ether oxygens (including phenoxy) is 2. The number of methoxy groups -OCH3 is 1. The Labute approximate surface area is 111 Å². The molecule has 3 nitrogen and oxygen atoms in total. The van der Waals surface area contributed by atoms with Crippen LogP contribution in [-0.2, 0) is 9.47 Å². The van der Waals surface area contributed by atoms with Crippen LogP contribution < -0.4 is 5.32 Å². The Kier molecular flexibility index (Phi) is 11.5. The summed E-state index contributed by atoms with van der Waals surface area (Å²) in [6.45, 7) is 8.89. The molecule has 0 aromatic carbocycles. The van der Waals surface area contributed by atoms with Gasteiger partial charge in [0.05, 0.1) is 13.2 Å². The fourth-order valence-electron chi connectivity index (χ4n) is 1.72. The van der Waals surface area contributed by atoms with Crippen LogP contribution in [0.3, 0.4) is 0 Å². The summed E-state index contributed by atoms with van der Waals surface area (Å²) in [7, 11) is 1.70. The van der Waals surface area contributed by atoms with E-state index in [-0.39, 0.29) is 0 Å². The zero-order valence-electron chi connectivity index (χ0n) is 11.9. The van der Waals surface area contributed by atoms with Crippen LogP contribution in [0.5, 0.6) is 0 Å². The zero-order chi connectivity index (χ0) is 13.0. The summed E-state index contributed by atoms with van der Waals surface area (Å²) in [4.78, 5) is 0. The Balaban J connectivity index is 3.43. The molecule has 0 aromatic rings. The van der Waals surface area contributed by atoms with Crippen molar-refractivity contribution in [2.24, 2.45) is 0 Å². The van der Waals surface area contributed by atoms with Crippen molar-refractivity contribution in [1.29, 1.82) is 0 Å². The molecule has 0 atom stereocenters. The van der Waals surface area contributed by atoms with Crippen LogP contribution in [0.2, 0.25) is 0 Å². The standard InChI is InChI=1S/C13H29NO2S/c1-5-13(6-2,17-4)12-14-8-7-9-16-11-10-15-3/h14H,5-12H2,1-4H3. The number of hydrogen-bond acceptors (Lipinski definition) is 4. The van der Waals surface area contributed by atoms with Gasteiger partial charge in [-0.1, -0.05) is 13.8 Å². The monoisotopic (exact) mass is 263 g/mol. The van der Waals surface area contributed by atoms with Crippen LogP contribution in [0.1, 0.15) is 33.1 Å². The molecule has 0 aromatic heterocycles. The second kappa shape index (κ2) is 11.3. The van der Waals surface area contributed by atoms with Gasteiger partial charge in [0.15, 0.2) is 0 Å². The van der Waals surface area contributed by atoms with E-state index in [1.165, 1.54) is 12.8 Å². The molecule has 0 fully saturated rings. The maximum atomic E-state index is 5.42. The topological polar surface area (TPSA) is 30.5 Å². The van der Waals surface area contributed by atoms with Crippen molar-refractivity contribution in [2.75, 3.05) is 46.3 Å². The smallest absolute Gasteiger partial charge is 0.0700 e. The molecule has 0 saturated heterocycles. The lowest BCUT2D eigenvalue weighted by Crippen LogP contribution is -2.37. The number of rotatable bonds is 12. The summed E-state index contributed by atoms with van der Waals surface area (Å²) in [5.74, 6) is 0. The second-order valence-corrected chi connectivity index (χ2v) is 5.50. The second-order valence-electron chi connectivity index (χ2n) is 4.23. The summed E-state index contributed by atoms with van der Waals surface area (Å²) in [6, 6.07) is 0. The Hall–Kier alpha value is 0.230. The molecular formula is C13H29NO2S. The SMILES string of the molecule is CCC(CC)(CNCCCOCCOC)SC. The van der Waals surface area contributed by atoms with Crippen LogP contribution in [0.4, 0.5) is 0 Å². The van der Waals surface area contributed by atoms with Gasteiger partial charge in [-0.2, -0.15) is 11.8 Å². The van der Waals surface area contributed by atoms with Gasteiger partial charge < -0.3 is 14.8 Å². The highest BCUT2D eigenvalue weighted by Crippen LogP contribution is 2.29. The minimum Gasteiger partial charge on any atom is -0.382 e. The third kappa shape index (κ3) is 8.03. The van der Waals surface area contributed by atoms with E-state index < -0.39 is 0 Å². The molecule has 0 aliphatic rings. The van der Waals surface area contributed by atoms with E-state index in [2.05, 4.69) is 25.4 Å². The van der Waals surface area contributed by atoms with Crippen molar-refractivity contribution < 1.29 is 9.47 Å². The van der Waals surface area contributed by atoms with E-state index in [4.69, 9.17) is 9.47 Å². The van der Waals surface area contributed by atoms with E-state index in [1.807, 2.05) is 11.8 Å². The summed E-state index contributed by atoms with van der Waals surface area (Å²) >= 11 is 1.98. The molecule has 1 N–H and O–H groups in total. The lowest BCUT2D eigenvalue weighted by molar-refractivity contribution is 0.0694. The summed E-state index contributed by atoms with van der Waals surface area (Å²) in [5.41, 5.74) is 0. The quantitative estimate of drug-likeness (QED) is 0.548. The molecule has 104 valence electrons. The average molecular weight is 263 g/mol. The van der Waals surface area contributed by atoms with Gasteiger partial charge in [0.2, 0.25) is 0 Å². The van der Waals surface area contributed by atoms with Crippen molar-refractivity contribution in [3.05, 3.63) is 0 Å². The lowest BCUT2D eigenvalue weighted by atomic mass is 10.0. The van der Waals surface area contributed by atoms with E-state index in [0.29, 0.717) is 18.0 Å². The first-order valence-electron chi connectivity index (χ1n) is 6.57. The van der Waals surface area contributed by atoms with Crippen molar-refractivity contribution >= 4 is 11.8 Å². The van der Waals surface area contributed by atoms with Crippen LogP contribution in [-0.4, -0.2) is 51.0 Å². The third-order valence-corrected chi connectivity index (χ3v) is 4.83. The highest BCUT2D eigenvalue weighted by molar-refractivity contribution is 8.00. The van der Waals surface area contributed by atoms with Gasteiger partial charge in [0, 0.05) is 25.0 Å². The van der Waals surface area contributed by atoms with Crippen molar-refractivity contribution in [3.8, 4) is 0 Å². The third-order valence-electron chi connectivity index (χ3n) is 3.24. The number of hydrogen-bond donors (Lipinski definition) is 1. The van der Waals surface area contributed by atoms with Crippen LogP contribution >= 0.6 is 11.8 Å². The van der Waals surface area contributed by atoms with Gasteiger partial charge >= 0.3 is 0 Å². The number of thioether (sulfide) groups is 1. The van der Waals surface area contributed by atoms with Gasteiger partial charge in [-0.3, -0.25) is 0 Å². The molecular weight excluding hydrogens is 234 g/mol. The molecule has 0 bridgehead atoms. The van der Waals surface area contributed by atoms with E-state index in [0.717, 1.165) is 26.1 Å². The normalized spacial score (nSPS) is 12.0. The molecule has 0 aliphatic carbocycles. The largest absolute Gasteiger partial charge is 0.382 e. The molecule has 0 rings (SSSR count). The van der Waals surface area contributed by atoms with Gasteiger partial charge in [-0.15, -0.1) is 0 Å². The van der Waals surface area contributed by atoms with Crippen molar-refractivity contribution in [2.45, 2.75) is 37.9 Å². The van der Waals surface area contributed by atoms with E-state index in [9.17, 15) is 0 Å². The van der Waals surface area contributed by atoms with Gasteiger partial charge in [0.1, 0.15) is 0 Å². The molecule has 17 heavy (non-hydrogen) atoms. The molecule has 0 spiro atoms. The Morgan fingerprint density at radius 1 is 1.12 bits per heavy atom. The molecule has 0 amide bonds. The summed E-state index contributed by atoms with van der Waals surface area (Å²) < 4.78 is 10.7. The fourth-order valence-corrected chi connectivity index (χ4v) is 2.54. The van der Waals surface area contributed by atoms with Crippen LogP contribution in [0.15, 0.2) is 0 Å². The minimum atomic E-state index is 0.414. The van der Waals surface area contributed by atoms with Gasteiger partial charge in [-0.25, -0.2) is 0 Å². The van der Waals surface area contributed by atoms with E-state index >= 15 is 0 Å². The zero-order valence-corrected chi connectivity index (χ0v) is 12.7. The van der Waals surface area contributed by atoms with Crippen LogP contribution in [0, 0.1) is 0 Å². The van der Waals surface area contributed by atoms with Crippen molar-refractivity contribution in [1.82, 2.24) is 5.32 Å². The maximum Gasteiger partial charge on any atom is 0.0700 e. The summed E-state index contributed by atoms with van der Waals surface area (Å²) in [6.07, 6.45) is 5.73. The molecule has 0 saturated carbocycles. The summed E-state index contributed by atoms with van der Waals surface area (Å²) in [5, 5.41) is 3.54. The minimum absolute atomic E-state index is 0.414. The molecule has 4 heteroatoms. The van der Waals surface area contributed by atoms with Crippen molar-refractivity contribution in [3.63, 3.8) is 0 Å². The highest BCUT2D eigenvalue weighted by Gasteiger charge is 2.23. The maximum absolute atomic E-state index is 5.42. The fraction of sp³-hybridized carbons (Fsp3) is 1.00. The molecule has 0 heterocycles. The predicted molar refractivity (Wildman–Crippen MR) is 77.0 cm³/mol. The lowest BCUT2D eigenvalue weighted by Gasteiger charge is -2.30. The van der Waals surface area contributed by atoms with E-state index in [1.54, 1.807) is 7.11 Å². The first-order valence-corrected chi connectivity index (χ1v) is 7.79. The Morgan fingerprint density at radius 2 is 1.82 bits per heavy atom. The average Bonchev–Trinajstić information content (AvgIpc) is 2.38. The van der Waals surface area contributed by atoms with Gasteiger partial charge in [0.25, 0.3) is 0 Å².